The molecule has 1 rings (SSSR count). The van der Waals surface area contributed by atoms with Crippen molar-refractivity contribution in [2.45, 2.75) is 53.0 Å². The highest BCUT2D eigenvalue weighted by molar-refractivity contribution is 5.85. The molecule has 0 saturated heterocycles. The van der Waals surface area contributed by atoms with Crippen LogP contribution in [0.4, 0.5) is 0 Å². The molecule has 0 atom stereocenters. The Hall–Kier alpha value is -2.04. The third kappa shape index (κ3) is 24.3. The highest BCUT2D eigenvalue weighted by Gasteiger charge is 2.10. The van der Waals surface area contributed by atoms with Gasteiger partial charge in [0.2, 0.25) is 5.91 Å². The van der Waals surface area contributed by atoms with Crippen LogP contribution in [0.25, 0.3) is 0 Å². The summed E-state index contributed by atoms with van der Waals surface area (Å²) in [6.45, 7) is 16.8. The number of ketones is 1. The maximum absolute atomic E-state index is 11.7. The summed E-state index contributed by atoms with van der Waals surface area (Å²) in [4.78, 5) is 23.2. The predicted octanol–water partition coefficient (Wildman–Crippen LogP) is 1.66. The zero-order chi connectivity index (χ0) is 32.1. The summed E-state index contributed by atoms with van der Waals surface area (Å²) in [7, 11) is 0. The number of nitrogens with one attached hydrogen (secondary N) is 1. The third-order valence-corrected chi connectivity index (χ3v) is 6.03. The minimum Gasteiger partial charge on any atom is -0.377 e. The maximum atomic E-state index is 11.7. The van der Waals surface area contributed by atoms with Crippen LogP contribution in [0.2, 0.25) is 0 Å². The van der Waals surface area contributed by atoms with E-state index in [0.29, 0.717) is 125 Å². The van der Waals surface area contributed by atoms with Gasteiger partial charge in [0.1, 0.15) is 5.78 Å². The summed E-state index contributed by atoms with van der Waals surface area (Å²) in [5, 5.41) is 10.9. The Morgan fingerprint density at radius 2 is 1.05 bits per heavy atom. The molecule has 44 heavy (non-hydrogen) atoms. The van der Waals surface area contributed by atoms with Gasteiger partial charge in [-0.15, -0.1) is 5.10 Å². The van der Waals surface area contributed by atoms with Crippen molar-refractivity contribution >= 4 is 11.7 Å². The van der Waals surface area contributed by atoms with Crippen LogP contribution in [0, 0.1) is 5.92 Å². The van der Waals surface area contributed by atoms with Crippen molar-refractivity contribution in [1.82, 2.24) is 20.3 Å². The summed E-state index contributed by atoms with van der Waals surface area (Å²) in [6, 6.07) is 0. The number of hydrogen-bond donors (Lipinski definition) is 1. The van der Waals surface area contributed by atoms with Crippen LogP contribution in [0.15, 0.2) is 6.20 Å². The second-order valence-corrected chi connectivity index (χ2v) is 10.4. The molecule has 0 unspecified atom stereocenters. The molecular formula is C30H56N4O10. The molecule has 0 fully saturated rings. The van der Waals surface area contributed by atoms with E-state index in [1.54, 1.807) is 4.68 Å². The number of aromatic nitrogens is 3. The SMILES string of the molecule is CC(C)C(=O)CCC(=O)NCCOCCOCCOCCOCCOCCOCCOCCOCCn1cc(C(C)C)nn1. The molecule has 256 valence electrons. The van der Waals surface area contributed by atoms with Crippen molar-refractivity contribution in [1.29, 1.82) is 0 Å². The lowest BCUT2D eigenvalue weighted by Gasteiger charge is -2.09. The van der Waals surface area contributed by atoms with E-state index in [2.05, 4.69) is 29.5 Å². The first-order valence-electron chi connectivity index (χ1n) is 15.7. The maximum Gasteiger partial charge on any atom is 0.220 e. The molecule has 1 N–H and O–H groups in total. The van der Waals surface area contributed by atoms with Gasteiger partial charge in [-0.25, -0.2) is 4.68 Å². The fraction of sp³-hybridized carbons (Fsp3) is 0.867. The first kappa shape index (κ1) is 40.0. The summed E-state index contributed by atoms with van der Waals surface area (Å²) in [5.41, 5.74) is 0.985. The van der Waals surface area contributed by atoms with E-state index in [9.17, 15) is 9.59 Å². The molecule has 0 aromatic carbocycles. The van der Waals surface area contributed by atoms with Gasteiger partial charge >= 0.3 is 0 Å². The number of carbonyl (C=O) groups is 2. The molecule has 0 aliphatic heterocycles. The fourth-order valence-corrected chi connectivity index (χ4v) is 3.36. The van der Waals surface area contributed by atoms with Crippen molar-refractivity contribution in [2.75, 3.05) is 112 Å². The Morgan fingerprint density at radius 3 is 1.43 bits per heavy atom. The van der Waals surface area contributed by atoms with E-state index in [1.807, 2.05) is 20.0 Å². The van der Waals surface area contributed by atoms with Crippen molar-refractivity contribution in [3.63, 3.8) is 0 Å². The van der Waals surface area contributed by atoms with Crippen LogP contribution >= 0.6 is 0 Å². The van der Waals surface area contributed by atoms with Crippen LogP contribution in [-0.4, -0.2) is 139 Å². The number of amides is 1. The minimum absolute atomic E-state index is 0.0374. The van der Waals surface area contributed by atoms with Gasteiger partial charge in [0.05, 0.1) is 118 Å². The van der Waals surface area contributed by atoms with Gasteiger partial charge in [0, 0.05) is 31.5 Å². The van der Waals surface area contributed by atoms with Crippen molar-refractivity contribution in [3.05, 3.63) is 11.9 Å². The van der Waals surface area contributed by atoms with Gasteiger partial charge in [0.25, 0.3) is 0 Å². The molecule has 1 aromatic heterocycles. The largest absolute Gasteiger partial charge is 0.377 e. The number of rotatable bonds is 32. The average Bonchev–Trinajstić information content (AvgIpc) is 3.49. The molecule has 0 spiro atoms. The first-order chi connectivity index (χ1) is 21.4. The van der Waals surface area contributed by atoms with Gasteiger partial charge in [-0.2, -0.15) is 0 Å². The molecule has 0 aliphatic rings. The molecule has 0 saturated carbocycles. The smallest absolute Gasteiger partial charge is 0.220 e. The Balaban J connectivity index is 1.68. The zero-order valence-electron chi connectivity index (χ0n) is 27.3. The van der Waals surface area contributed by atoms with Gasteiger partial charge in [-0.1, -0.05) is 32.9 Å². The molecule has 0 bridgehead atoms. The Bertz CT molecular complexity index is 826. The normalized spacial score (nSPS) is 11.6. The summed E-state index contributed by atoms with van der Waals surface area (Å²) >= 11 is 0. The summed E-state index contributed by atoms with van der Waals surface area (Å²) < 4.78 is 45.6. The van der Waals surface area contributed by atoms with Crippen molar-refractivity contribution in [2.24, 2.45) is 5.92 Å². The molecule has 1 aromatic rings. The minimum atomic E-state index is -0.134. The van der Waals surface area contributed by atoms with Gasteiger partial charge in [0.15, 0.2) is 0 Å². The molecule has 14 heteroatoms. The van der Waals surface area contributed by atoms with Crippen LogP contribution in [0.3, 0.4) is 0 Å². The summed E-state index contributed by atoms with van der Waals surface area (Å²) in [5.74, 6) is 0.299. The van der Waals surface area contributed by atoms with Gasteiger partial charge in [-0.3, -0.25) is 9.59 Å². The van der Waals surface area contributed by atoms with E-state index in [-0.39, 0.29) is 30.4 Å². The standard InChI is InChI=1S/C30H56N4O10/c1-26(2)28-25-34(33-32-28)8-10-38-12-14-40-16-18-42-20-22-44-24-23-43-21-19-41-17-15-39-13-11-37-9-7-31-30(36)6-5-29(35)27(3)4/h25-27H,5-24H2,1-4H3,(H,31,36). The van der Waals surface area contributed by atoms with Crippen molar-refractivity contribution in [3.8, 4) is 0 Å². The van der Waals surface area contributed by atoms with E-state index in [4.69, 9.17) is 37.9 Å². The molecule has 14 nitrogen and oxygen atoms in total. The van der Waals surface area contributed by atoms with E-state index < -0.39 is 0 Å². The lowest BCUT2D eigenvalue weighted by molar-refractivity contribution is -0.126. The second-order valence-electron chi connectivity index (χ2n) is 10.4. The van der Waals surface area contributed by atoms with Crippen LogP contribution in [0.5, 0.6) is 0 Å². The lowest BCUT2D eigenvalue weighted by Crippen LogP contribution is -2.28. The van der Waals surface area contributed by atoms with Crippen LogP contribution in [0.1, 0.15) is 52.1 Å². The van der Waals surface area contributed by atoms with Gasteiger partial charge < -0.3 is 43.2 Å². The number of ether oxygens (including phenoxy) is 8. The second kappa shape index (κ2) is 28.4. The van der Waals surface area contributed by atoms with Crippen LogP contribution in [-0.2, 0) is 54.0 Å². The van der Waals surface area contributed by atoms with Crippen LogP contribution < -0.4 is 5.32 Å². The molecule has 0 aliphatic carbocycles. The topological polar surface area (TPSA) is 151 Å². The fourth-order valence-electron chi connectivity index (χ4n) is 3.36. The Labute approximate surface area is 262 Å². The highest BCUT2D eigenvalue weighted by atomic mass is 16.6. The lowest BCUT2D eigenvalue weighted by atomic mass is 10.0. The Morgan fingerprint density at radius 1 is 0.636 bits per heavy atom. The molecular weight excluding hydrogens is 576 g/mol. The summed E-state index contributed by atoms with van der Waals surface area (Å²) in [6.07, 6.45) is 2.45. The number of nitrogens with zero attached hydrogens (tertiary/aromatic N) is 3. The molecule has 0 radical (unpaired) electrons. The number of carbonyl (C=O) groups excluding carboxylic acids is 2. The monoisotopic (exact) mass is 632 g/mol. The Kier molecular flexibility index (Phi) is 25.8. The quantitative estimate of drug-likeness (QED) is 0.115. The van der Waals surface area contributed by atoms with E-state index >= 15 is 0 Å². The van der Waals surface area contributed by atoms with Gasteiger partial charge in [-0.05, 0) is 5.92 Å². The molecule has 1 heterocycles. The number of hydrogen-bond acceptors (Lipinski definition) is 12. The average molecular weight is 633 g/mol. The van der Waals surface area contributed by atoms with E-state index in [0.717, 1.165) is 5.69 Å². The molecule has 1 amide bonds. The van der Waals surface area contributed by atoms with E-state index in [1.165, 1.54) is 0 Å². The van der Waals surface area contributed by atoms with Crippen molar-refractivity contribution < 1.29 is 47.5 Å². The highest BCUT2D eigenvalue weighted by Crippen LogP contribution is 2.08. The number of Topliss-reactive ketones (excluding diaryl/α,β-unsaturated/α-hetero) is 1. The predicted molar refractivity (Wildman–Crippen MR) is 163 cm³/mol. The third-order valence-electron chi connectivity index (χ3n) is 6.03. The zero-order valence-corrected chi connectivity index (χ0v) is 27.3. The first-order valence-corrected chi connectivity index (χ1v) is 15.7.